The van der Waals surface area contributed by atoms with Crippen LogP contribution in [0.3, 0.4) is 0 Å². The van der Waals surface area contributed by atoms with Gasteiger partial charge in [0, 0.05) is 19.3 Å². The van der Waals surface area contributed by atoms with E-state index in [0.29, 0.717) is 19.3 Å². The van der Waals surface area contributed by atoms with Crippen LogP contribution in [0, 0.1) is 0 Å². The molecule has 0 amide bonds. The van der Waals surface area contributed by atoms with Crippen molar-refractivity contribution in [2.45, 2.75) is 341 Å². The molecule has 6 heteroatoms. The first kappa shape index (κ1) is 78.1. The Balaban J connectivity index is 4.38. The van der Waals surface area contributed by atoms with Gasteiger partial charge in [-0.05, 0) is 128 Å². The van der Waals surface area contributed by atoms with Crippen LogP contribution in [0.4, 0.5) is 0 Å². The van der Waals surface area contributed by atoms with Gasteiger partial charge in [-0.3, -0.25) is 14.4 Å². The van der Waals surface area contributed by atoms with E-state index in [1.807, 2.05) is 0 Å². The third-order valence-corrected chi connectivity index (χ3v) is 15.0. The van der Waals surface area contributed by atoms with E-state index in [0.717, 1.165) is 116 Å². The van der Waals surface area contributed by atoms with Crippen LogP contribution in [0.2, 0.25) is 0 Å². The number of carbonyl (C=O) groups excluding carboxylic acids is 3. The molecular formula is C76H130O6. The summed E-state index contributed by atoms with van der Waals surface area (Å²) in [5, 5.41) is 0. The molecule has 0 aliphatic heterocycles. The number of ether oxygens (including phenoxy) is 3. The molecular weight excluding hydrogens is 1010 g/mol. The van der Waals surface area contributed by atoms with Crippen molar-refractivity contribution < 1.29 is 28.6 Å². The van der Waals surface area contributed by atoms with Gasteiger partial charge in [0.15, 0.2) is 6.10 Å². The quantitative estimate of drug-likeness (QED) is 0.0261. The Bertz CT molecular complexity index is 1640. The summed E-state index contributed by atoms with van der Waals surface area (Å²) in [6.07, 6.45) is 95.3. The molecule has 1 unspecified atom stereocenters. The highest BCUT2D eigenvalue weighted by atomic mass is 16.6. The van der Waals surface area contributed by atoms with Gasteiger partial charge in [0.2, 0.25) is 0 Å². The fourth-order valence-electron chi connectivity index (χ4n) is 9.77. The van der Waals surface area contributed by atoms with Gasteiger partial charge in [0.1, 0.15) is 13.2 Å². The smallest absolute Gasteiger partial charge is 0.306 e. The Hall–Kier alpha value is -3.93. The SMILES string of the molecule is CC/C=C\C/C=C\C/C=C\C/C=C\CCCCCCCCCCCCC(=O)OC(COC(=O)CCCCCCC/C=C\C/C=C\CCCCCC)COC(=O)CCCCCCCCCCCC/C=C\C/C=C\C/C=C\CCCCCCC. The molecule has 0 aromatic rings. The van der Waals surface area contributed by atoms with Crippen LogP contribution in [0.5, 0.6) is 0 Å². The van der Waals surface area contributed by atoms with Gasteiger partial charge in [0.05, 0.1) is 0 Å². The Morgan fingerprint density at radius 2 is 0.476 bits per heavy atom. The predicted octanol–water partition coefficient (Wildman–Crippen LogP) is 24.2. The lowest BCUT2D eigenvalue weighted by molar-refractivity contribution is -0.167. The number of allylic oxidation sites excluding steroid dienone is 18. The summed E-state index contributed by atoms with van der Waals surface area (Å²) < 4.78 is 17.0. The summed E-state index contributed by atoms with van der Waals surface area (Å²) in [7, 11) is 0. The first-order valence-electron chi connectivity index (χ1n) is 34.9. The van der Waals surface area contributed by atoms with Gasteiger partial charge in [-0.1, -0.05) is 297 Å². The van der Waals surface area contributed by atoms with Crippen LogP contribution in [-0.4, -0.2) is 37.2 Å². The Morgan fingerprint density at radius 1 is 0.256 bits per heavy atom. The molecule has 0 aromatic heterocycles. The van der Waals surface area contributed by atoms with Gasteiger partial charge < -0.3 is 14.2 Å². The molecule has 6 nitrogen and oxygen atoms in total. The van der Waals surface area contributed by atoms with Gasteiger partial charge in [-0.2, -0.15) is 0 Å². The van der Waals surface area contributed by atoms with E-state index in [1.165, 1.54) is 180 Å². The highest BCUT2D eigenvalue weighted by Gasteiger charge is 2.19. The molecule has 82 heavy (non-hydrogen) atoms. The number of rotatable bonds is 63. The molecule has 0 bridgehead atoms. The van der Waals surface area contributed by atoms with Crippen LogP contribution in [0.15, 0.2) is 109 Å². The normalized spacial score (nSPS) is 12.8. The Labute approximate surface area is 508 Å². The molecule has 0 N–H and O–H groups in total. The van der Waals surface area contributed by atoms with E-state index < -0.39 is 6.10 Å². The molecule has 0 spiro atoms. The van der Waals surface area contributed by atoms with Crippen LogP contribution < -0.4 is 0 Å². The Kier molecular flexibility index (Phi) is 66.2. The minimum Gasteiger partial charge on any atom is -0.462 e. The number of unbranched alkanes of at least 4 members (excludes halogenated alkanes) is 34. The lowest BCUT2D eigenvalue weighted by Gasteiger charge is -2.18. The fourth-order valence-corrected chi connectivity index (χ4v) is 9.77. The number of hydrogen-bond acceptors (Lipinski definition) is 6. The lowest BCUT2D eigenvalue weighted by atomic mass is 10.0. The van der Waals surface area contributed by atoms with Crippen LogP contribution in [0.1, 0.15) is 335 Å². The van der Waals surface area contributed by atoms with Crippen molar-refractivity contribution in [3.8, 4) is 0 Å². The molecule has 470 valence electrons. The van der Waals surface area contributed by atoms with E-state index in [2.05, 4.69) is 130 Å². The summed E-state index contributed by atoms with van der Waals surface area (Å²) in [5.41, 5.74) is 0. The summed E-state index contributed by atoms with van der Waals surface area (Å²) in [6, 6.07) is 0. The number of esters is 3. The summed E-state index contributed by atoms with van der Waals surface area (Å²) in [5.74, 6) is -0.896. The predicted molar refractivity (Wildman–Crippen MR) is 357 cm³/mol. The number of hydrogen-bond donors (Lipinski definition) is 0. The third kappa shape index (κ3) is 66.9. The summed E-state index contributed by atoms with van der Waals surface area (Å²) >= 11 is 0. The minimum absolute atomic E-state index is 0.0862. The van der Waals surface area contributed by atoms with Crippen molar-refractivity contribution in [3.63, 3.8) is 0 Å². The van der Waals surface area contributed by atoms with Gasteiger partial charge in [0.25, 0.3) is 0 Å². The van der Waals surface area contributed by atoms with Crippen molar-refractivity contribution in [1.82, 2.24) is 0 Å². The van der Waals surface area contributed by atoms with E-state index in [9.17, 15) is 14.4 Å². The molecule has 0 rings (SSSR count). The highest BCUT2D eigenvalue weighted by Crippen LogP contribution is 2.16. The topological polar surface area (TPSA) is 78.9 Å². The van der Waals surface area contributed by atoms with Gasteiger partial charge in [-0.25, -0.2) is 0 Å². The molecule has 0 radical (unpaired) electrons. The van der Waals surface area contributed by atoms with Crippen molar-refractivity contribution in [3.05, 3.63) is 109 Å². The van der Waals surface area contributed by atoms with Crippen molar-refractivity contribution >= 4 is 17.9 Å². The Morgan fingerprint density at radius 3 is 0.756 bits per heavy atom. The molecule has 0 saturated carbocycles. The molecule has 0 heterocycles. The minimum atomic E-state index is -0.792. The van der Waals surface area contributed by atoms with Crippen molar-refractivity contribution in [2.24, 2.45) is 0 Å². The first-order chi connectivity index (χ1) is 40.5. The van der Waals surface area contributed by atoms with Crippen LogP contribution in [-0.2, 0) is 28.6 Å². The average Bonchev–Trinajstić information content (AvgIpc) is 3.47. The maximum absolute atomic E-state index is 13.0. The zero-order valence-electron chi connectivity index (χ0n) is 54.0. The molecule has 0 fully saturated rings. The van der Waals surface area contributed by atoms with Crippen LogP contribution in [0.25, 0.3) is 0 Å². The molecule has 1 atom stereocenters. The zero-order valence-corrected chi connectivity index (χ0v) is 54.0. The van der Waals surface area contributed by atoms with E-state index in [1.54, 1.807) is 0 Å². The summed E-state index contributed by atoms with van der Waals surface area (Å²) in [6.45, 7) is 6.51. The summed E-state index contributed by atoms with van der Waals surface area (Å²) in [4.78, 5) is 38.5. The monoisotopic (exact) mass is 1140 g/mol. The first-order valence-corrected chi connectivity index (χ1v) is 34.9. The third-order valence-electron chi connectivity index (χ3n) is 15.0. The highest BCUT2D eigenvalue weighted by molar-refractivity contribution is 5.71. The van der Waals surface area contributed by atoms with Crippen molar-refractivity contribution in [2.75, 3.05) is 13.2 Å². The molecule has 0 aliphatic carbocycles. The van der Waals surface area contributed by atoms with Crippen LogP contribution >= 0.6 is 0 Å². The van der Waals surface area contributed by atoms with Crippen molar-refractivity contribution in [1.29, 1.82) is 0 Å². The van der Waals surface area contributed by atoms with E-state index >= 15 is 0 Å². The standard InChI is InChI=1S/C76H130O6/c1-4-7-10-13-16-19-22-25-28-31-33-35-37-38-40-41-43-45-48-51-54-57-60-63-66-69-75(78)81-72-73(71-80-74(77)68-65-62-59-56-53-50-47-30-27-24-21-18-15-12-9-6-3)82-76(79)70-67-64-61-58-55-52-49-46-44-42-39-36-34-32-29-26-23-20-17-14-11-8-5-2/h8,11,17,20-22,24-26,29-31,33-34,36-38,47,73H,4-7,9-10,12-16,18-19,23,27-28,32,35,39-46,48-72H2,1-3H3/b11-8-,20-17-,24-21-,25-22-,29-26-,33-31-,36-34-,38-37-,47-30-. The second-order valence-corrected chi connectivity index (χ2v) is 23.1. The number of carbonyl (C=O) groups is 3. The lowest BCUT2D eigenvalue weighted by Crippen LogP contribution is -2.30. The fraction of sp³-hybridized carbons (Fsp3) is 0.724. The second kappa shape index (κ2) is 69.6. The maximum Gasteiger partial charge on any atom is 0.306 e. The zero-order chi connectivity index (χ0) is 59.2. The molecule has 0 saturated heterocycles. The van der Waals surface area contributed by atoms with E-state index in [-0.39, 0.29) is 31.1 Å². The van der Waals surface area contributed by atoms with E-state index in [4.69, 9.17) is 14.2 Å². The second-order valence-electron chi connectivity index (χ2n) is 23.1. The van der Waals surface area contributed by atoms with Gasteiger partial charge in [-0.15, -0.1) is 0 Å². The van der Waals surface area contributed by atoms with Gasteiger partial charge >= 0.3 is 17.9 Å². The largest absolute Gasteiger partial charge is 0.462 e. The molecule has 0 aromatic carbocycles. The average molecular weight is 1140 g/mol. The maximum atomic E-state index is 13.0. The molecule has 0 aliphatic rings.